The first-order chi connectivity index (χ1) is 25.2. The van der Waals surface area contributed by atoms with Crippen molar-refractivity contribution in [2.75, 3.05) is 42.8 Å². The van der Waals surface area contributed by atoms with E-state index in [2.05, 4.69) is 25.9 Å². The smallest absolute Gasteiger partial charge is 0.263 e. The topological polar surface area (TPSA) is 178 Å². The number of amides is 5. The van der Waals surface area contributed by atoms with Gasteiger partial charge in [-0.25, -0.2) is 14.4 Å². The third kappa shape index (κ3) is 7.41. The van der Waals surface area contributed by atoms with Gasteiger partial charge < -0.3 is 24.8 Å². The molecule has 2 unspecified atom stereocenters. The van der Waals surface area contributed by atoms with E-state index < -0.39 is 41.4 Å². The summed E-state index contributed by atoms with van der Waals surface area (Å²) in [5.41, 5.74) is 1.74. The highest BCUT2D eigenvalue weighted by Crippen LogP contribution is 2.36. The average molecular weight is 749 g/mol. The number of imide groups is 2. The van der Waals surface area contributed by atoms with Crippen LogP contribution >= 0.6 is 23.4 Å². The summed E-state index contributed by atoms with van der Waals surface area (Å²) in [7, 11) is 0. The van der Waals surface area contributed by atoms with E-state index in [1.807, 2.05) is 0 Å². The van der Waals surface area contributed by atoms with Gasteiger partial charge in [-0.15, -0.1) is 11.8 Å². The Kier molecular flexibility index (Phi) is 10.3. The van der Waals surface area contributed by atoms with Crippen LogP contribution in [-0.2, 0) is 23.9 Å². The molecule has 0 aliphatic carbocycles. The molecule has 0 bridgehead atoms. The van der Waals surface area contributed by atoms with Crippen molar-refractivity contribution in [3.63, 3.8) is 0 Å². The van der Waals surface area contributed by atoms with Gasteiger partial charge in [-0.2, -0.15) is 0 Å². The van der Waals surface area contributed by atoms with Gasteiger partial charge in [0.1, 0.15) is 42.5 Å². The van der Waals surface area contributed by atoms with E-state index >= 15 is 0 Å². The molecular formula is C35H30ClFN6O8S. The number of carbonyl (C=O) groups excluding carboxylic acids is 5. The Morgan fingerprint density at radius 2 is 1.96 bits per heavy atom. The number of thioether (sulfide) groups is 1. The molecule has 0 spiro atoms. The number of hydrogen-bond donors (Lipinski definition) is 3. The first kappa shape index (κ1) is 35.3. The molecule has 0 radical (unpaired) electrons. The maximum atomic E-state index is 13.7. The maximum absolute atomic E-state index is 13.7. The zero-order chi connectivity index (χ0) is 36.4. The standard InChI is InChI=1S/C35H30ClFN6O8S/c36-22-12-18(4-5-23(22)37)40-32-21-13-25(27(14-24(21)38-17-39-32)51-19-8-9-49-15-19)41-30(45)16-50-10-11-52-28-3-1-2-20-31(28)35(48)43(34(20)47)26-6-7-29(44)42-33(26)46/h1-5,12-14,17,19,26H,6-11,15-16H2,(H,41,45)(H,38,39,40)(H,42,44,46). The van der Waals surface area contributed by atoms with E-state index in [0.29, 0.717) is 64.1 Å². The fourth-order valence-electron chi connectivity index (χ4n) is 6.04. The summed E-state index contributed by atoms with van der Waals surface area (Å²) >= 11 is 7.23. The molecular weight excluding hydrogens is 719 g/mol. The van der Waals surface area contributed by atoms with Crippen LogP contribution in [0.3, 0.4) is 0 Å². The molecule has 5 amide bonds. The predicted octanol–water partition coefficient (Wildman–Crippen LogP) is 4.48. The molecule has 2 saturated heterocycles. The minimum Gasteiger partial charge on any atom is -0.486 e. The number of ether oxygens (including phenoxy) is 3. The molecule has 0 saturated carbocycles. The second kappa shape index (κ2) is 15.2. The van der Waals surface area contributed by atoms with E-state index in [1.54, 1.807) is 24.3 Å². The Bertz CT molecular complexity index is 2120. The number of rotatable bonds is 12. The Hall–Kier alpha value is -5.16. The van der Waals surface area contributed by atoms with Crippen LogP contribution in [-0.4, -0.2) is 88.7 Å². The number of halogens is 2. The lowest BCUT2D eigenvalue weighted by atomic mass is 10.0. The van der Waals surface area contributed by atoms with Gasteiger partial charge in [-0.3, -0.25) is 34.2 Å². The van der Waals surface area contributed by atoms with Crippen molar-refractivity contribution in [3.05, 3.63) is 76.8 Å². The lowest BCUT2D eigenvalue weighted by Gasteiger charge is -2.27. The van der Waals surface area contributed by atoms with Crippen molar-refractivity contribution in [3.8, 4) is 5.75 Å². The summed E-state index contributed by atoms with van der Waals surface area (Å²) in [5, 5.41) is 8.64. The highest BCUT2D eigenvalue weighted by Gasteiger charge is 2.45. The molecule has 268 valence electrons. The van der Waals surface area contributed by atoms with Crippen molar-refractivity contribution in [2.45, 2.75) is 36.3 Å². The van der Waals surface area contributed by atoms with Crippen LogP contribution in [0.2, 0.25) is 5.02 Å². The molecule has 17 heteroatoms. The predicted molar refractivity (Wildman–Crippen MR) is 187 cm³/mol. The summed E-state index contributed by atoms with van der Waals surface area (Å²) in [6.07, 6.45) is 1.91. The van der Waals surface area contributed by atoms with Crippen molar-refractivity contribution in [2.24, 2.45) is 0 Å². The summed E-state index contributed by atoms with van der Waals surface area (Å²) in [6.45, 7) is 0.774. The summed E-state index contributed by atoms with van der Waals surface area (Å²) in [4.78, 5) is 73.8. The number of carbonyl (C=O) groups is 5. The molecule has 4 aromatic rings. The Morgan fingerprint density at radius 1 is 1.10 bits per heavy atom. The summed E-state index contributed by atoms with van der Waals surface area (Å²) in [6, 6.07) is 11.4. The van der Waals surface area contributed by atoms with Crippen molar-refractivity contribution >= 4 is 81.0 Å². The number of piperidine rings is 1. The minimum atomic E-state index is -1.06. The Labute approximate surface area is 304 Å². The second-order valence-corrected chi connectivity index (χ2v) is 13.6. The van der Waals surface area contributed by atoms with E-state index in [4.69, 9.17) is 25.8 Å². The van der Waals surface area contributed by atoms with Gasteiger partial charge in [-0.05, 0) is 42.8 Å². The van der Waals surface area contributed by atoms with Gasteiger partial charge in [0, 0.05) is 40.6 Å². The minimum absolute atomic E-state index is 0.0287. The fraction of sp³-hybridized carbons (Fsp3) is 0.286. The molecule has 3 N–H and O–H groups in total. The molecule has 2 atom stereocenters. The fourth-order valence-corrected chi connectivity index (χ4v) is 7.16. The third-order valence-electron chi connectivity index (χ3n) is 8.52. The van der Waals surface area contributed by atoms with Gasteiger partial charge >= 0.3 is 0 Å². The molecule has 7 rings (SSSR count). The molecule has 14 nitrogen and oxygen atoms in total. The van der Waals surface area contributed by atoms with Crippen LogP contribution in [0, 0.1) is 5.82 Å². The molecule has 3 aliphatic rings. The number of aromatic nitrogens is 2. The van der Waals surface area contributed by atoms with Crippen LogP contribution in [0.15, 0.2) is 59.8 Å². The van der Waals surface area contributed by atoms with Gasteiger partial charge in [0.15, 0.2) is 0 Å². The third-order valence-corrected chi connectivity index (χ3v) is 9.83. The summed E-state index contributed by atoms with van der Waals surface area (Å²) in [5.74, 6) is -2.22. The quantitative estimate of drug-likeness (QED) is 0.105. The number of anilines is 3. The van der Waals surface area contributed by atoms with Gasteiger partial charge in [0.2, 0.25) is 17.7 Å². The van der Waals surface area contributed by atoms with E-state index in [1.165, 1.54) is 42.4 Å². The molecule has 4 heterocycles. The number of nitrogens with one attached hydrogen (secondary N) is 3. The average Bonchev–Trinajstić information content (AvgIpc) is 3.72. The first-order valence-corrected chi connectivity index (χ1v) is 17.6. The normalized spacial score (nSPS) is 18.5. The van der Waals surface area contributed by atoms with Crippen LogP contribution in [0.4, 0.5) is 21.6 Å². The van der Waals surface area contributed by atoms with E-state index in [0.717, 1.165) is 4.90 Å². The van der Waals surface area contributed by atoms with Gasteiger partial charge in [0.05, 0.1) is 47.2 Å². The SMILES string of the molecule is O=C1CCC(N2C(=O)c3cccc(SCCOCC(=O)Nc4cc5c(Nc6ccc(F)c(Cl)c6)ncnc5cc4OC4CCOC4)c3C2=O)C(=O)N1. The first-order valence-electron chi connectivity index (χ1n) is 16.3. The highest BCUT2D eigenvalue weighted by atomic mass is 35.5. The van der Waals surface area contributed by atoms with Crippen molar-refractivity contribution < 1.29 is 42.6 Å². The van der Waals surface area contributed by atoms with E-state index in [9.17, 15) is 28.4 Å². The Morgan fingerprint density at radius 3 is 2.75 bits per heavy atom. The molecule has 52 heavy (non-hydrogen) atoms. The number of benzene rings is 3. The molecule has 2 fully saturated rings. The van der Waals surface area contributed by atoms with Crippen LogP contribution in [0.1, 0.15) is 40.0 Å². The molecule has 1 aromatic heterocycles. The number of fused-ring (bicyclic) bond motifs is 2. The second-order valence-electron chi connectivity index (χ2n) is 12.0. The van der Waals surface area contributed by atoms with Crippen LogP contribution < -0.4 is 20.7 Å². The lowest BCUT2D eigenvalue weighted by Crippen LogP contribution is -2.54. The van der Waals surface area contributed by atoms with Crippen molar-refractivity contribution in [1.82, 2.24) is 20.2 Å². The zero-order valence-electron chi connectivity index (χ0n) is 27.3. The number of hydrogen-bond acceptors (Lipinski definition) is 12. The Balaban J connectivity index is 0.999. The van der Waals surface area contributed by atoms with Crippen LogP contribution in [0.25, 0.3) is 10.9 Å². The lowest BCUT2D eigenvalue weighted by molar-refractivity contribution is -0.136. The molecule has 3 aliphatic heterocycles. The van der Waals surface area contributed by atoms with Gasteiger partial charge in [0.25, 0.3) is 11.8 Å². The maximum Gasteiger partial charge on any atom is 0.263 e. The summed E-state index contributed by atoms with van der Waals surface area (Å²) < 4.78 is 31.1. The monoisotopic (exact) mass is 748 g/mol. The van der Waals surface area contributed by atoms with Crippen molar-refractivity contribution in [1.29, 1.82) is 0 Å². The zero-order valence-corrected chi connectivity index (χ0v) is 28.9. The largest absolute Gasteiger partial charge is 0.486 e. The number of nitrogens with zero attached hydrogens (tertiary/aromatic N) is 3. The highest BCUT2D eigenvalue weighted by molar-refractivity contribution is 7.99. The molecule has 3 aromatic carbocycles. The van der Waals surface area contributed by atoms with E-state index in [-0.39, 0.29) is 48.3 Å². The van der Waals surface area contributed by atoms with Gasteiger partial charge in [-0.1, -0.05) is 17.7 Å². The van der Waals surface area contributed by atoms with Crippen LogP contribution in [0.5, 0.6) is 5.75 Å².